The Morgan fingerprint density at radius 1 is 1.17 bits per heavy atom. The number of halogens is 1. The van der Waals surface area contributed by atoms with E-state index in [2.05, 4.69) is 0 Å². The maximum absolute atomic E-state index is 12.9. The molecule has 122 valence electrons. The minimum atomic E-state index is -0.949. The van der Waals surface area contributed by atoms with Crippen molar-refractivity contribution in [1.29, 1.82) is 0 Å². The lowest BCUT2D eigenvalue weighted by Crippen LogP contribution is -2.44. The van der Waals surface area contributed by atoms with Crippen molar-refractivity contribution in [2.75, 3.05) is 7.05 Å². The third-order valence-corrected chi connectivity index (χ3v) is 4.31. The number of aliphatic hydroxyl groups excluding tert-OH is 2. The highest BCUT2D eigenvalue weighted by Crippen LogP contribution is 2.27. The van der Waals surface area contributed by atoms with Crippen LogP contribution in [0.3, 0.4) is 0 Å². The number of nitrogens with zero attached hydrogens (tertiary/aromatic N) is 1. The molecule has 2 N–H and O–H groups in total. The number of amides is 1. The molecule has 0 spiro atoms. The van der Waals surface area contributed by atoms with Gasteiger partial charge in [0.25, 0.3) is 5.91 Å². The van der Waals surface area contributed by atoms with E-state index in [4.69, 9.17) is 4.42 Å². The SMILES string of the molecule is CN(C(=O)c1ccc(-c2ccc(F)cc2)o1)[C@@H]1CC[C@@H](O)[C@@H]1O. The molecule has 0 saturated heterocycles. The van der Waals surface area contributed by atoms with E-state index in [1.807, 2.05) is 0 Å². The van der Waals surface area contributed by atoms with Crippen LogP contribution in [0.1, 0.15) is 23.4 Å². The average Bonchev–Trinajstić information content (AvgIpc) is 3.15. The fraction of sp³-hybridized carbons (Fsp3) is 0.353. The van der Waals surface area contributed by atoms with Crippen molar-refractivity contribution < 1.29 is 23.8 Å². The Balaban J connectivity index is 1.77. The van der Waals surface area contributed by atoms with E-state index in [0.29, 0.717) is 24.2 Å². The van der Waals surface area contributed by atoms with Gasteiger partial charge in [0.2, 0.25) is 0 Å². The van der Waals surface area contributed by atoms with Crippen LogP contribution in [0.4, 0.5) is 4.39 Å². The van der Waals surface area contributed by atoms with E-state index in [-0.39, 0.29) is 17.5 Å². The second-order valence-electron chi connectivity index (χ2n) is 5.79. The van der Waals surface area contributed by atoms with Crippen LogP contribution in [0.25, 0.3) is 11.3 Å². The molecule has 0 aliphatic heterocycles. The number of benzene rings is 1. The summed E-state index contributed by atoms with van der Waals surface area (Å²) in [5.41, 5.74) is 0.671. The lowest BCUT2D eigenvalue weighted by molar-refractivity contribution is 0.00579. The smallest absolute Gasteiger partial charge is 0.289 e. The molecule has 0 unspecified atom stereocenters. The first-order valence-corrected chi connectivity index (χ1v) is 7.46. The van der Waals surface area contributed by atoms with Gasteiger partial charge in [-0.15, -0.1) is 0 Å². The summed E-state index contributed by atoms with van der Waals surface area (Å²) in [7, 11) is 1.58. The van der Waals surface area contributed by atoms with Gasteiger partial charge >= 0.3 is 0 Å². The van der Waals surface area contributed by atoms with Crippen molar-refractivity contribution in [3.05, 3.63) is 48.0 Å². The van der Waals surface area contributed by atoms with Crippen molar-refractivity contribution in [3.8, 4) is 11.3 Å². The molecule has 0 bridgehead atoms. The Kier molecular flexibility index (Phi) is 4.19. The first kappa shape index (κ1) is 15.7. The first-order chi connectivity index (χ1) is 11.0. The molecule has 1 aliphatic rings. The van der Waals surface area contributed by atoms with Crippen LogP contribution in [0.2, 0.25) is 0 Å². The van der Waals surface area contributed by atoms with Gasteiger partial charge < -0.3 is 19.5 Å². The first-order valence-electron chi connectivity index (χ1n) is 7.46. The lowest BCUT2D eigenvalue weighted by Gasteiger charge is -2.26. The number of carbonyl (C=O) groups is 1. The van der Waals surface area contributed by atoms with Crippen molar-refractivity contribution >= 4 is 5.91 Å². The van der Waals surface area contributed by atoms with Gasteiger partial charge in [-0.2, -0.15) is 0 Å². The second kappa shape index (κ2) is 6.14. The number of aliphatic hydroxyl groups is 2. The summed E-state index contributed by atoms with van der Waals surface area (Å²) < 4.78 is 18.5. The Labute approximate surface area is 133 Å². The molecule has 1 aromatic heterocycles. The van der Waals surface area contributed by atoms with Gasteiger partial charge in [0, 0.05) is 12.6 Å². The second-order valence-corrected chi connectivity index (χ2v) is 5.79. The molecule has 0 radical (unpaired) electrons. The summed E-state index contributed by atoms with van der Waals surface area (Å²) in [5.74, 6) is -0.101. The summed E-state index contributed by atoms with van der Waals surface area (Å²) in [6.45, 7) is 0. The molecule has 1 amide bonds. The zero-order chi connectivity index (χ0) is 16.6. The summed E-state index contributed by atoms with van der Waals surface area (Å²) in [6.07, 6.45) is -0.754. The maximum Gasteiger partial charge on any atom is 0.289 e. The minimum absolute atomic E-state index is 0.139. The van der Waals surface area contributed by atoms with Crippen LogP contribution in [0.15, 0.2) is 40.8 Å². The molecular formula is C17H18FNO4. The van der Waals surface area contributed by atoms with Gasteiger partial charge in [0.05, 0.1) is 12.1 Å². The number of carbonyl (C=O) groups excluding carboxylic acids is 1. The highest BCUT2D eigenvalue weighted by Gasteiger charge is 2.38. The highest BCUT2D eigenvalue weighted by molar-refractivity contribution is 5.92. The van der Waals surface area contributed by atoms with Gasteiger partial charge in [-0.25, -0.2) is 4.39 Å². The highest BCUT2D eigenvalue weighted by atomic mass is 19.1. The summed E-state index contributed by atoms with van der Waals surface area (Å²) in [5, 5.41) is 19.5. The molecule has 2 aromatic rings. The van der Waals surface area contributed by atoms with Crippen LogP contribution < -0.4 is 0 Å². The largest absolute Gasteiger partial charge is 0.451 e. The van der Waals surface area contributed by atoms with Crippen molar-refractivity contribution in [2.24, 2.45) is 0 Å². The molecule has 1 aliphatic carbocycles. The monoisotopic (exact) mass is 319 g/mol. The van der Waals surface area contributed by atoms with Crippen molar-refractivity contribution in [1.82, 2.24) is 4.90 Å². The maximum atomic E-state index is 12.9. The predicted octanol–water partition coefficient (Wildman–Crippen LogP) is 2.04. The van der Waals surface area contributed by atoms with Gasteiger partial charge in [0.15, 0.2) is 5.76 Å². The van der Waals surface area contributed by atoms with Crippen LogP contribution in [0, 0.1) is 5.82 Å². The zero-order valence-electron chi connectivity index (χ0n) is 12.6. The van der Waals surface area contributed by atoms with Gasteiger partial charge in [-0.05, 0) is 49.2 Å². The fourth-order valence-corrected chi connectivity index (χ4v) is 2.91. The molecule has 1 aromatic carbocycles. The quantitative estimate of drug-likeness (QED) is 0.908. The molecule has 23 heavy (non-hydrogen) atoms. The van der Waals surface area contributed by atoms with Gasteiger partial charge in [0.1, 0.15) is 17.7 Å². The summed E-state index contributed by atoms with van der Waals surface area (Å²) in [4.78, 5) is 13.9. The number of hydrogen-bond acceptors (Lipinski definition) is 4. The molecule has 3 rings (SSSR count). The molecule has 1 heterocycles. The van der Waals surface area contributed by atoms with E-state index in [1.54, 1.807) is 31.3 Å². The van der Waals surface area contributed by atoms with Gasteiger partial charge in [-0.1, -0.05) is 0 Å². The average molecular weight is 319 g/mol. The lowest BCUT2D eigenvalue weighted by atomic mass is 10.1. The number of hydrogen-bond donors (Lipinski definition) is 2. The van der Waals surface area contributed by atoms with E-state index in [0.717, 1.165) is 0 Å². The Morgan fingerprint density at radius 3 is 2.48 bits per heavy atom. The Bertz CT molecular complexity index is 697. The van der Waals surface area contributed by atoms with E-state index in [9.17, 15) is 19.4 Å². The number of likely N-dealkylation sites (N-methyl/N-ethyl adjacent to an activating group) is 1. The van der Waals surface area contributed by atoms with Crippen molar-refractivity contribution in [2.45, 2.75) is 31.1 Å². The normalized spacial score (nSPS) is 23.9. The molecule has 5 nitrogen and oxygen atoms in total. The number of rotatable bonds is 3. The third kappa shape index (κ3) is 3.00. The molecule has 3 atom stereocenters. The Morgan fingerprint density at radius 2 is 1.87 bits per heavy atom. The summed E-state index contributed by atoms with van der Waals surface area (Å²) in [6, 6.07) is 8.55. The Hall–Kier alpha value is -2.18. The zero-order valence-corrected chi connectivity index (χ0v) is 12.6. The third-order valence-electron chi connectivity index (χ3n) is 4.31. The fourth-order valence-electron chi connectivity index (χ4n) is 2.91. The topological polar surface area (TPSA) is 73.9 Å². The number of furan rings is 1. The minimum Gasteiger partial charge on any atom is -0.451 e. The van der Waals surface area contributed by atoms with Crippen LogP contribution in [0.5, 0.6) is 0 Å². The van der Waals surface area contributed by atoms with Crippen LogP contribution >= 0.6 is 0 Å². The molecular weight excluding hydrogens is 301 g/mol. The standard InChI is InChI=1S/C17H18FNO4/c1-19(12-6-7-13(20)16(12)21)17(22)15-9-8-14(23-15)10-2-4-11(18)5-3-10/h2-5,8-9,12-13,16,20-21H,6-7H2,1H3/t12-,13-,16-/m1/s1. The van der Waals surface area contributed by atoms with E-state index >= 15 is 0 Å². The van der Waals surface area contributed by atoms with Crippen LogP contribution in [-0.2, 0) is 0 Å². The molecule has 1 saturated carbocycles. The van der Waals surface area contributed by atoms with E-state index < -0.39 is 18.2 Å². The molecule has 6 heteroatoms. The molecule has 1 fully saturated rings. The summed E-state index contributed by atoms with van der Waals surface area (Å²) >= 11 is 0. The van der Waals surface area contributed by atoms with Crippen LogP contribution in [-0.4, -0.2) is 46.3 Å². The predicted molar refractivity (Wildman–Crippen MR) is 81.2 cm³/mol. The van der Waals surface area contributed by atoms with Gasteiger partial charge in [-0.3, -0.25) is 4.79 Å². The van der Waals surface area contributed by atoms with E-state index in [1.165, 1.54) is 17.0 Å². The van der Waals surface area contributed by atoms with Crippen molar-refractivity contribution in [3.63, 3.8) is 0 Å².